The van der Waals surface area contributed by atoms with Gasteiger partial charge in [-0.3, -0.25) is 0 Å². The quantitative estimate of drug-likeness (QED) is 0.751. The molecule has 0 bridgehead atoms. The van der Waals surface area contributed by atoms with Crippen molar-refractivity contribution >= 4 is 21.4 Å². The summed E-state index contributed by atoms with van der Waals surface area (Å²) in [4.78, 5) is 0. The molecule has 0 saturated heterocycles. The van der Waals surface area contributed by atoms with Crippen molar-refractivity contribution in [1.82, 2.24) is 0 Å². The Hall–Kier alpha value is -0.540. The van der Waals surface area contributed by atoms with Crippen molar-refractivity contribution in [3.05, 3.63) is 35.4 Å². The van der Waals surface area contributed by atoms with E-state index in [-0.39, 0.29) is 16.9 Å². The van der Waals surface area contributed by atoms with Crippen molar-refractivity contribution in [3.63, 3.8) is 0 Å². The Morgan fingerprint density at radius 1 is 1.17 bits per heavy atom. The summed E-state index contributed by atoms with van der Waals surface area (Å²) in [6, 6.07) is 8.13. The van der Waals surface area contributed by atoms with E-state index in [9.17, 15) is 8.42 Å². The second-order valence-electron chi connectivity index (χ2n) is 4.97. The minimum Gasteiger partial charge on any atom is -0.229 e. The lowest BCUT2D eigenvalue weighted by Crippen LogP contribution is -2.19. The van der Waals surface area contributed by atoms with Gasteiger partial charge in [0.2, 0.25) is 0 Å². The molecule has 0 spiro atoms. The maximum atomic E-state index is 11.8. The lowest BCUT2D eigenvalue weighted by Gasteiger charge is -2.15. The zero-order valence-corrected chi connectivity index (χ0v) is 12.8. The van der Waals surface area contributed by atoms with Gasteiger partial charge in [-0.15, -0.1) is 11.6 Å². The Labute approximate surface area is 115 Å². The summed E-state index contributed by atoms with van der Waals surface area (Å²) in [5.74, 6) is 0.771. The van der Waals surface area contributed by atoms with Crippen LogP contribution in [0.2, 0.25) is 0 Å². The topological polar surface area (TPSA) is 34.1 Å². The summed E-state index contributed by atoms with van der Waals surface area (Å²) in [7, 11) is -2.98. The van der Waals surface area contributed by atoms with Crippen LogP contribution in [0.4, 0.5) is 0 Å². The second-order valence-corrected chi connectivity index (χ2v) is 7.95. The fourth-order valence-corrected chi connectivity index (χ4v) is 3.13. The fraction of sp³-hybridized carbons (Fsp3) is 0.571. The first-order chi connectivity index (χ1) is 8.36. The minimum atomic E-state index is -2.98. The Balaban J connectivity index is 2.72. The highest BCUT2D eigenvalue weighted by Gasteiger charge is 2.19. The van der Waals surface area contributed by atoms with Gasteiger partial charge in [0.05, 0.1) is 11.0 Å². The minimum absolute atomic E-state index is 0.112. The third-order valence-corrected chi connectivity index (χ3v) is 5.82. The normalized spacial score (nSPS) is 13.8. The molecule has 1 unspecified atom stereocenters. The molecule has 4 heteroatoms. The fourth-order valence-electron chi connectivity index (χ4n) is 1.71. The molecule has 1 aromatic rings. The summed E-state index contributed by atoms with van der Waals surface area (Å²) in [6.45, 7) is 5.47. The first-order valence-corrected chi connectivity index (χ1v) is 8.46. The highest BCUT2D eigenvalue weighted by atomic mass is 35.5. The smallest absolute Gasteiger partial charge is 0.152 e. The van der Waals surface area contributed by atoms with Crippen LogP contribution in [0.1, 0.15) is 37.3 Å². The molecule has 0 saturated carbocycles. The van der Waals surface area contributed by atoms with Crippen LogP contribution < -0.4 is 0 Å². The molecular formula is C14H21ClO2S. The number of halogens is 1. The van der Waals surface area contributed by atoms with Gasteiger partial charge in [-0.25, -0.2) is 8.42 Å². The maximum absolute atomic E-state index is 11.8. The predicted octanol–water partition coefficient (Wildman–Crippen LogP) is 3.53. The van der Waals surface area contributed by atoms with E-state index in [2.05, 4.69) is 0 Å². The maximum Gasteiger partial charge on any atom is 0.152 e. The number of hydrogen-bond donors (Lipinski definition) is 0. The van der Waals surface area contributed by atoms with E-state index < -0.39 is 9.84 Å². The van der Waals surface area contributed by atoms with E-state index >= 15 is 0 Å². The molecule has 102 valence electrons. The third-order valence-electron chi connectivity index (χ3n) is 3.20. The van der Waals surface area contributed by atoms with Crippen molar-refractivity contribution in [2.24, 2.45) is 0 Å². The van der Waals surface area contributed by atoms with Crippen LogP contribution in [0.5, 0.6) is 0 Å². The van der Waals surface area contributed by atoms with Crippen molar-refractivity contribution in [2.75, 3.05) is 11.6 Å². The van der Waals surface area contributed by atoms with E-state index in [1.807, 2.05) is 31.2 Å². The Morgan fingerprint density at radius 2 is 1.72 bits per heavy atom. The van der Waals surface area contributed by atoms with Crippen molar-refractivity contribution < 1.29 is 8.42 Å². The molecule has 1 atom stereocenters. The van der Waals surface area contributed by atoms with Gasteiger partial charge in [0, 0.05) is 5.88 Å². The van der Waals surface area contributed by atoms with Crippen LogP contribution in [-0.4, -0.2) is 25.3 Å². The zero-order valence-electron chi connectivity index (χ0n) is 11.2. The van der Waals surface area contributed by atoms with E-state index in [1.54, 1.807) is 13.8 Å². The van der Waals surface area contributed by atoms with Crippen LogP contribution in [0.3, 0.4) is 0 Å². The van der Waals surface area contributed by atoms with Gasteiger partial charge in [0.15, 0.2) is 9.84 Å². The lowest BCUT2D eigenvalue weighted by atomic mass is 9.98. The first-order valence-electron chi connectivity index (χ1n) is 6.21. The van der Waals surface area contributed by atoms with Gasteiger partial charge in [-0.05, 0) is 38.7 Å². The Bertz CT molecular complexity index is 463. The summed E-state index contributed by atoms with van der Waals surface area (Å²) in [6.07, 6.45) is 0.590. The second kappa shape index (κ2) is 6.58. The van der Waals surface area contributed by atoms with E-state index in [0.717, 1.165) is 5.56 Å². The number of hydrogen-bond acceptors (Lipinski definition) is 2. The van der Waals surface area contributed by atoms with E-state index in [1.165, 1.54) is 5.56 Å². The van der Waals surface area contributed by atoms with Crippen LogP contribution in [0.15, 0.2) is 24.3 Å². The van der Waals surface area contributed by atoms with Crippen LogP contribution in [0, 0.1) is 6.92 Å². The highest BCUT2D eigenvalue weighted by molar-refractivity contribution is 7.91. The number of benzene rings is 1. The zero-order chi connectivity index (χ0) is 13.8. The van der Waals surface area contributed by atoms with Crippen molar-refractivity contribution in [2.45, 2.75) is 38.4 Å². The molecule has 1 aromatic carbocycles. The molecule has 0 fully saturated rings. The average Bonchev–Trinajstić information content (AvgIpc) is 2.31. The molecule has 0 aromatic heterocycles. The summed E-state index contributed by atoms with van der Waals surface area (Å²) < 4.78 is 23.6. The van der Waals surface area contributed by atoms with Crippen LogP contribution >= 0.6 is 11.6 Å². The largest absolute Gasteiger partial charge is 0.229 e. The van der Waals surface area contributed by atoms with Gasteiger partial charge >= 0.3 is 0 Å². The number of rotatable bonds is 6. The highest BCUT2D eigenvalue weighted by Crippen LogP contribution is 2.23. The molecule has 0 aliphatic rings. The molecule has 0 aliphatic carbocycles. The number of aryl methyl sites for hydroxylation is 1. The SMILES string of the molecule is Cc1ccc(C(CCl)CCS(=O)(=O)C(C)C)cc1. The summed E-state index contributed by atoms with van der Waals surface area (Å²) in [5, 5.41) is -0.313. The first kappa shape index (κ1) is 15.5. The summed E-state index contributed by atoms with van der Waals surface area (Å²) in [5.41, 5.74) is 2.32. The molecule has 0 N–H and O–H groups in total. The summed E-state index contributed by atoms with van der Waals surface area (Å²) >= 11 is 5.96. The van der Waals surface area contributed by atoms with Gasteiger partial charge < -0.3 is 0 Å². The van der Waals surface area contributed by atoms with Gasteiger partial charge in [0.1, 0.15) is 0 Å². The molecule has 18 heavy (non-hydrogen) atoms. The lowest BCUT2D eigenvalue weighted by molar-refractivity contribution is 0.580. The molecule has 0 amide bonds. The van der Waals surface area contributed by atoms with Gasteiger partial charge in [-0.2, -0.15) is 0 Å². The average molecular weight is 289 g/mol. The molecule has 0 aliphatic heterocycles. The Kier molecular flexibility index (Phi) is 5.67. The van der Waals surface area contributed by atoms with E-state index in [0.29, 0.717) is 12.3 Å². The standard InChI is InChI=1S/C14H21ClO2S/c1-11(2)18(16,17)9-8-14(10-15)13-6-4-12(3)5-7-13/h4-7,11,14H,8-10H2,1-3H3. The van der Waals surface area contributed by atoms with Crippen molar-refractivity contribution in [1.29, 1.82) is 0 Å². The van der Waals surface area contributed by atoms with Crippen molar-refractivity contribution in [3.8, 4) is 0 Å². The van der Waals surface area contributed by atoms with Crippen LogP contribution in [0.25, 0.3) is 0 Å². The number of sulfone groups is 1. The predicted molar refractivity (Wildman–Crippen MR) is 78.2 cm³/mol. The number of alkyl halides is 1. The molecule has 0 heterocycles. The van der Waals surface area contributed by atoms with Gasteiger partial charge in [-0.1, -0.05) is 29.8 Å². The molecule has 0 radical (unpaired) electrons. The molecular weight excluding hydrogens is 268 g/mol. The molecule has 2 nitrogen and oxygen atoms in total. The molecule has 1 rings (SSSR count). The van der Waals surface area contributed by atoms with E-state index in [4.69, 9.17) is 11.6 Å². The third kappa shape index (κ3) is 4.29. The van der Waals surface area contributed by atoms with Gasteiger partial charge in [0.25, 0.3) is 0 Å². The van der Waals surface area contributed by atoms with Crippen LogP contribution in [-0.2, 0) is 9.84 Å². The Morgan fingerprint density at radius 3 is 2.17 bits per heavy atom. The monoisotopic (exact) mass is 288 g/mol.